The van der Waals surface area contributed by atoms with Crippen LogP contribution in [0.25, 0.3) is 0 Å². The van der Waals surface area contributed by atoms with E-state index in [1.807, 2.05) is 14.0 Å². The van der Waals surface area contributed by atoms with Crippen molar-refractivity contribution >= 4 is 9.84 Å². The summed E-state index contributed by atoms with van der Waals surface area (Å²) < 4.78 is 22.9. The predicted molar refractivity (Wildman–Crippen MR) is 78.1 cm³/mol. The molecule has 1 aliphatic rings. The number of aliphatic hydroxyl groups is 1. The van der Waals surface area contributed by atoms with Gasteiger partial charge < -0.3 is 15.3 Å². The van der Waals surface area contributed by atoms with Gasteiger partial charge in [-0.25, -0.2) is 8.42 Å². The number of hydrogen-bond acceptors (Lipinski definition) is 5. The molecule has 0 aromatic heterocycles. The molecular formula is C13H28N2O3S. The lowest BCUT2D eigenvalue weighted by Crippen LogP contribution is -2.51. The lowest BCUT2D eigenvalue weighted by Gasteiger charge is -2.34. The van der Waals surface area contributed by atoms with Gasteiger partial charge in [-0.3, -0.25) is 0 Å². The highest BCUT2D eigenvalue weighted by molar-refractivity contribution is 7.91. The molecule has 0 aliphatic carbocycles. The van der Waals surface area contributed by atoms with Gasteiger partial charge in [0.05, 0.1) is 18.1 Å². The minimum atomic E-state index is -2.83. The molecule has 1 rings (SSSR count). The second-order valence-electron chi connectivity index (χ2n) is 6.31. The summed E-state index contributed by atoms with van der Waals surface area (Å²) in [7, 11) is -0.855. The van der Waals surface area contributed by atoms with Crippen molar-refractivity contribution in [2.75, 3.05) is 31.7 Å². The molecule has 1 saturated heterocycles. The fourth-order valence-corrected chi connectivity index (χ4v) is 4.43. The van der Waals surface area contributed by atoms with Crippen molar-refractivity contribution in [3.63, 3.8) is 0 Å². The molecule has 5 nitrogen and oxygen atoms in total. The van der Waals surface area contributed by atoms with Gasteiger partial charge in [0.2, 0.25) is 0 Å². The first kappa shape index (κ1) is 16.9. The molecule has 1 aliphatic heterocycles. The van der Waals surface area contributed by atoms with Crippen molar-refractivity contribution in [3.05, 3.63) is 0 Å². The van der Waals surface area contributed by atoms with Crippen LogP contribution in [0, 0.1) is 0 Å². The first-order chi connectivity index (χ1) is 8.67. The topological polar surface area (TPSA) is 69.6 Å². The van der Waals surface area contributed by atoms with E-state index in [4.69, 9.17) is 0 Å². The van der Waals surface area contributed by atoms with E-state index in [9.17, 15) is 13.5 Å². The Hall–Kier alpha value is -0.170. The zero-order chi connectivity index (χ0) is 14.7. The van der Waals surface area contributed by atoms with E-state index in [1.54, 1.807) is 0 Å². The number of nitrogens with one attached hydrogen (secondary N) is 1. The van der Waals surface area contributed by atoms with Crippen LogP contribution in [0.4, 0.5) is 0 Å². The molecule has 114 valence electrons. The average molecular weight is 292 g/mol. The van der Waals surface area contributed by atoms with Gasteiger partial charge in [0, 0.05) is 17.6 Å². The first-order valence-corrected chi connectivity index (χ1v) is 8.79. The number of rotatable bonds is 7. The van der Waals surface area contributed by atoms with E-state index >= 15 is 0 Å². The molecular weight excluding hydrogens is 264 g/mol. The minimum absolute atomic E-state index is 0.0853. The number of hydrogen-bond donors (Lipinski definition) is 2. The molecule has 1 fully saturated rings. The Kier molecular flexibility index (Phi) is 5.79. The summed E-state index contributed by atoms with van der Waals surface area (Å²) in [6.45, 7) is 6.99. The molecule has 0 saturated carbocycles. The highest BCUT2D eigenvalue weighted by Crippen LogP contribution is 2.18. The Morgan fingerprint density at radius 3 is 2.53 bits per heavy atom. The van der Waals surface area contributed by atoms with Crippen molar-refractivity contribution in [1.29, 1.82) is 0 Å². The van der Waals surface area contributed by atoms with Crippen molar-refractivity contribution in [3.8, 4) is 0 Å². The van der Waals surface area contributed by atoms with E-state index in [0.717, 1.165) is 19.4 Å². The maximum absolute atomic E-state index is 11.5. The molecule has 1 heterocycles. The van der Waals surface area contributed by atoms with Crippen LogP contribution in [0.5, 0.6) is 0 Å². The standard InChI is InChI=1S/C13H28N2O3S/c1-11(2)14-13(3,10-16)6-7-15(4)12-5-8-19(17,18)9-12/h11-12,14,16H,5-10H2,1-4H3. The average Bonchev–Trinajstić information content (AvgIpc) is 2.66. The number of aliphatic hydroxyl groups excluding tert-OH is 1. The maximum atomic E-state index is 11.5. The van der Waals surface area contributed by atoms with Gasteiger partial charge in [0.25, 0.3) is 0 Å². The lowest BCUT2D eigenvalue weighted by molar-refractivity contribution is 0.136. The van der Waals surface area contributed by atoms with Gasteiger partial charge in [-0.05, 0) is 33.4 Å². The third-order valence-electron chi connectivity index (χ3n) is 3.83. The van der Waals surface area contributed by atoms with Crippen LogP contribution in [0.2, 0.25) is 0 Å². The summed E-state index contributed by atoms with van der Waals surface area (Å²) in [5.41, 5.74) is -0.306. The molecule has 0 amide bonds. The summed E-state index contributed by atoms with van der Waals surface area (Å²) in [5, 5.41) is 12.9. The molecule has 0 spiro atoms. The number of sulfone groups is 1. The molecule has 0 bridgehead atoms. The molecule has 0 aromatic rings. The minimum Gasteiger partial charge on any atom is -0.394 e. The van der Waals surface area contributed by atoms with E-state index in [1.165, 1.54) is 0 Å². The SMILES string of the molecule is CC(C)NC(C)(CO)CCN(C)C1CCS(=O)(=O)C1. The van der Waals surface area contributed by atoms with Crippen LogP contribution in [-0.2, 0) is 9.84 Å². The third kappa shape index (κ3) is 5.38. The molecule has 2 N–H and O–H groups in total. The maximum Gasteiger partial charge on any atom is 0.151 e. The summed E-state index contributed by atoms with van der Waals surface area (Å²) in [6.07, 6.45) is 1.53. The predicted octanol–water partition coefficient (Wildman–Crippen LogP) is 0.244. The second-order valence-corrected chi connectivity index (χ2v) is 8.53. The fourth-order valence-electron chi connectivity index (χ4n) is 2.62. The van der Waals surface area contributed by atoms with Crippen LogP contribution in [0.3, 0.4) is 0 Å². The molecule has 19 heavy (non-hydrogen) atoms. The fraction of sp³-hybridized carbons (Fsp3) is 1.00. The summed E-state index contributed by atoms with van der Waals surface area (Å²) in [4.78, 5) is 2.11. The first-order valence-electron chi connectivity index (χ1n) is 6.97. The number of nitrogens with zero attached hydrogens (tertiary/aromatic N) is 1. The summed E-state index contributed by atoms with van der Waals surface area (Å²) >= 11 is 0. The van der Waals surface area contributed by atoms with Gasteiger partial charge in [-0.1, -0.05) is 13.8 Å². The molecule has 0 aromatic carbocycles. The van der Waals surface area contributed by atoms with E-state index < -0.39 is 9.84 Å². The zero-order valence-electron chi connectivity index (χ0n) is 12.5. The Bertz CT molecular complexity index is 383. The van der Waals surface area contributed by atoms with Gasteiger partial charge in [0.15, 0.2) is 9.84 Å². The Morgan fingerprint density at radius 2 is 2.11 bits per heavy atom. The smallest absolute Gasteiger partial charge is 0.151 e. The molecule has 0 radical (unpaired) electrons. The Labute approximate surface area is 117 Å². The second kappa shape index (κ2) is 6.52. The van der Waals surface area contributed by atoms with Crippen LogP contribution in [0.1, 0.15) is 33.6 Å². The van der Waals surface area contributed by atoms with Gasteiger partial charge >= 0.3 is 0 Å². The van der Waals surface area contributed by atoms with Crippen LogP contribution in [0.15, 0.2) is 0 Å². The van der Waals surface area contributed by atoms with E-state index in [2.05, 4.69) is 24.1 Å². The molecule has 2 unspecified atom stereocenters. The van der Waals surface area contributed by atoms with Crippen LogP contribution < -0.4 is 5.32 Å². The van der Waals surface area contributed by atoms with Crippen molar-refractivity contribution < 1.29 is 13.5 Å². The monoisotopic (exact) mass is 292 g/mol. The Balaban J connectivity index is 2.47. The van der Waals surface area contributed by atoms with Gasteiger partial charge in [-0.2, -0.15) is 0 Å². The normalized spacial score (nSPS) is 25.9. The van der Waals surface area contributed by atoms with Crippen LogP contribution >= 0.6 is 0 Å². The van der Waals surface area contributed by atoms with E-state index in [-0.39, 0.29) is 23.9 Å². The van der Waals surface area contributed by atoms with Crippen molar-refractivity contribution in [2.45, 2.75) is 51.2 Å². The molecule has 6 heteroatoms. The zero-order valence-corrected chi connectivity index (χ0v) is 13.3. The highest BCUT2D eigenvalue weighted by atomic mass is 32.2. The summed E-state index contributed by atoms with van der Waals surface area (Å²) in [6, 6.07) is 0.446. The Morgan fingerprint density at radius 1 is 1.47 bits per heavy atom. The third-order valence-corrected chi connectivity index (χ3v) is 5.58. The van der Waals surface area contributed by atoms with Crippen LogP contribution in [-0.4, -0.2) is 67.8 Å². The van der Waals surface area contributed by atoms with Gasteiger partial charge in [-0.15, -0.1) is 0 Å². The largest absolute Gasteiger partial charge is 0.394 e. The quantitative estimate of drug-likeness (QED) is 0.704. The van der Waals surface area contributed by atoms with Crippen molar-refractivity contribution in [2.24, 2.45) is 0 Å². The molecule has 2 atom stereocenters. The van der Waals surface area contributed by atoms with E-state index in [0.29, 0.717) is 11.8 Å². The summed E-state index contributed by atoms with van der Waals surface area (Å²) in [5.74, 6) is 0.584. The lowest BCUT2D eigenvalue weighted by atomic mass is 9.97. The highest BCUT2D eigenvalue weighted by Gasteiger charge is 2.32. The van der Waals surface area contributed by atoms with Crippen molar-refractivity contribution in [1.82, 2.24) is 10.2 Å². The van der Waals surface area contributed by atoms with Gasteiger partial charge in [0.1, 0.15) is 0 Å².